The van der Waals surface area contributed by atoms with E-state index in [0.717, 1.165) is 31.2 Å². The second-order valence-electron chi connectivity index (χ2n) is 6.87. The number of hydrogen-bond donors (Lipinski definition) is 0. The number of hydrogen-bond acceptors (Lipinski definition) is 3. The van der Waals surface area contributed by atoms with Gasteiger partial charge in [-0.3, -0.25) is 4.90 Å². The molecule has 0 saturated carbocycles. The fourth-order valence-electron chi connectivity index (χ4n) is 3.70. The molecule has 130 valence electrons. The zero-order chi connectivity index (χ0) is 17.4. The molecule has 0 radical (unpaired) electrons. The molecule has 3 aromatic rings. The number of thiophene rings is 1. The van der Waals surface area contributed by atoms with Crippen LogP contribution in [0.4, 0.5) is 0 Å². The Hall–Kier alpha value is -1.39. The van der Waals surface area contributed by atoms with E-state index in [1.165, 1.54) is 26.1 Å². The van der Waals surface area contributed by atoms with Crippen LogP contribution < -0.4 is 0 Å². The third-order valence-electron chi connectivity index (χ3n) is 5.23. The van der Waals surface area contributed by atoms with Crippen LogP contribution in [0.5, 0.6) is 0 Å². The fourth-order valence-corrected chi connectivity index (χ4v) is 5.15. The molecular weight excluding hydrogens is 348 g/mol. The Balaban J connectivity index is 1.83. The summed E-state index contributed by atoms with van der Waals surface area (Å²) in [4.78, 5) is 6.39. The van der Waals surface area contributed by atoms with Gasteiger partial charge >= 0.3 is 0 Å². The number of likely N-dealkylation sites (N-methyl/N-ethyl adjacent to an activating group) is 1. The molecule has 1 unspecified atom stereocenters. The van der Waals surface area contributed by atoms with E-state index in [1.807, 2.05) is 17.4 Å². The second kappa shape index (κ2) is 7.08. The standard InChI is InChI=1S/C21H23ClN2S/c1-15(24-12-10-23(2)11-13-24)20-18-14-17(22)8-9-19(18)25-21(20)16-6-4-3-5-7-16/h3-9,14-15H,10-13H2,1-2H3. The van der Waals surface area contributed by atoms with Gasteiger partial charge in [-0.05, 0) is 48.7 Å². The molecule has 0 N–H and O–H groups in total. The van der Waals surface area contributed by atoms with E-state index in [0.29, 0.717) is 6.04 Å². The highest BCUT2D eigenvalue weighted by Crippen LogP contribution is 2.44. The van der Waals surface area contributed by atoms with Gasteiger partial charge in [-0.25, -0.2) is 0 Å². The Morgan fingerprint density at radius 1 is 1.00 bits per heavy atom. The zero-order valence-corrected chi connectivity index (χ0v) is 16.3. The van der Waals surface area contributed by atoms with Crippen LogP contribution in [0.15, 0.2) is 48.5 Å². The molecule has 0 spiro atoms. The van der Waals surface area contributed by atoms with Crippen LogP contribution in [0.2, 0.25) is 5.02 Å². The van der Waals surface area contributed by atoms with E-state index in [-0.39, 0.29) is 0 Å². The van der Waals surface area contributed by atoms with Crippen molar-refractivity contribution in [2.24, 2.45) is 0 Å². The van der Waals surface area contributed by atoms with Crippen molar-refractivity contribution < 1.29 is 0 Å². The lowest BCUT2D eigenvalue weighted by molar-refractivity contribution is 0.120. The lowest BCUT2D eigenvalue weighted by atomic mass is 9.98. The topological polar surface area (TPSA) is 6.48 Å². The maximum Gasteiger partial charge on any atom is 0.0413 e. The summed E-state index contributed by atoms with van der Waals surface area (Å²) in [6, 6.07) is 17.4. The highest BCUT2D eigenvalue weighted by molar-refractivity contribution is 7.22. The van der Waals surface area contributed by atoms with E-state index >= 15 is 0 Å². The van der Waals surface area contributed by atoms with Gasteiger partial charge in [0, 0.05) is 46.8 Å². The van der Waals surface area contributed by atoms with Crippen LogP contribution in [0.25, 0.3) is 20.5 Å². The van der Waals surface area contributed by atoms with Crippen molar-refractivity contribution in [2.45, 2.75) is 13.0 Å². The van der Waals surface area contributed by atoms with Crippen LogP contribution in [-0.2, 0) is 0 Å². The molecule has 4 rings (SSSR count). The number of piperazine rings is 1. The number of rotatable bonds is 3. The largest absolute Gasteiger partial charge is 0.304 e. The van der Waals surface area contributed by atoms with Gasteiger partial charge in [0.25, 0.3) is 0 Å². The van der Waals surface area contributed by atoms with Crippen molar-refractivity contribution in [1.29, 1.82) is 0 Å². The number of benzene rings is 2. The Kier molecular flexibility index (Phi) is 4.83. The normalized spacial score (nSPS) is 17.9. The van der Waals surface area contributed by atoms with Crippen LogP contribution in [0.1, 0.15) is 18.5 Å². The first-order chi connectivity index (χ1) is 12.1. The van der Waals surface area contributed by atoms with Crippen molar-refractivity contribution in [3.05, 3.63) is 59.1 Å². The predicted octanol–water partition coefficient (Wildman–Crippen LogP) is 5.53. The third-order valence-corrected chi connectivity index (χ3v) is 6.70. The minimum absolute atomic E-state index is 0.385. The first-order valence-electron chi connectivity index (χ1n) is 8.83. The number of fused-ring (bicyclic) bond motifs is 1. The van der Waals surface area contributed by atoms with Crippen molar-refractivity contribution in [2.75, 3.05) is 33.2 Å². The molecular formula is C21H23ClN2S. The summed E-state index contributed by atoms with van der Waals surface area (Å²) in [5, 5.41) is 2.12. The SMILES string of the molecule is CC(c1c(-c2ccccc2)sc2ccc(Cl)cc12)N1CCN(C)CC1. The summed E-state index contributed by atoms with van der Waals surface area (Å²) in [6.45, 7) is 6.84. The molecule has 2 nitrogen and oxygen atoms in total. The van der Waals surface area contributed by atoms with Gasteiger partial charge in [0.1, 0.15) is 0 Å². The quantitative estimate of drug-likeness (QED) is 0.598. The minimum atomic E-state index is 0.385. The number of nitrogens with zero attached hydrogens (tertiary/aromatic N) is 2. The van der Waals surface area contributed by atoms with E-state index in [1.54, 1.807) is 0 Å². The van der Waals surface area contributed by atoms with Gasteiger partial charge in [0.2, 0.25) is 0 Å². The second-order valence-corrected chi connectivity index (χ2v) is 8.36. The summed E-state index contributed by atoms with van der Waals surface area (Å²) in [5.74, 6) is 0. The molecule has 1 aliphatic rings. The smallest absolute Gasteiger partial charge is 0.0413 e. The highest BCUT2D eigenvalue weighted by Gasteiger charge is 2.26. The maximum absolute atomic E-state index is 6.34. The third kappa shape index (κ3) is 3.34. The average molecular weight is 371 g/mol. The Morgan fingerprint density at radius 2 is 1.72 bits per heavy atom. The number of halogens is 1. The molecule has 1 saturated heterocycles. The van der Waals surface area contributed by atoms with Gasteiger partial charge in [-0.1, -0.05) is 41.9 Å². The van der Waals surface area contributed by atoms with Crippen LogP contribution in [0.3, 0.4) is 0 Å². The average Bonchev–Trinajstić information content (AvgIpc) is 3.01. The summed E-state index contributed by atoms with van der Waals surface area (Å²) >= 11 is 8.22. The van der Waals surface area contributed by atoms with Gasteiger partial charge in [0.05, 0.1) is 0 Å². The minimum Gasteiger partial charge on any atom is -0.304 e. The molecule has 1 atom stereocenters. The molecule has 1 aliphatic heterocycles. The monoisotopic (exact) mass is 370 g/mol. The molecule has 0 aliphatic carbocycles. The van der Waals surface area contributed by atoms with E-state index in [9.17, 15) is 0 Å². The molecule has 1 fully saturated rings. The molecule has 2 heterocycles. The van der Waals surface area contributed by atoms with Crippen molar-refractivity contribution in [1.82, 2.24) is 9.80 Å². The summed E-state index contributed by atoms with van der Waals surface area (Å²) in [5.41, 5.74) is 2.73. The van der Waals surface area contributed by atoms with Crippen molar-refractivity contribution >= 4 is 33.0 Å². The van der Waals surface area contributed by atoms with Crippen LogP contribution >= 0.6 is 22.9 Å². The summed E-state index contributed by atoms with van der Waals surface area (Å²) in [7, 11) is 2.21. The summed E-state index contributed by atoms with van der Waals surface area (Å²) < 4.78 is 1.32. The molecule has 0 amide bonds. The molecule has 0 bridgehead atoms. The highest BCUT2D eigenvalue weighted by atomic mass is 35.5. The van der Waals surface area contributed by atoms with Crippen molar-refractivity contribution in [3.8, 4) is 10.4 Å². The van der Waals surface area contributed by atoms with Crippen LogP contribution in [-0.4, -0.2) is 43.0 Å². The molecule has 2 aromatic carbocycles. The van der Waals surface area contributed by atoms with Gasteiger partial charge in [-0.2, -0.15) is 0 Å². The van der Waals surface area contributed by atoms with E-state index in [4.69, 9.17) is 11.6 Å². The van der Waals surface area contributed by atoms with Gasteiger partial charge in [0.15, 0.2) is 0 Å². The predicted molar refractivity (Wildman–Crippen MR) is 110 cm³/mol. The van der Waals surface area contributed by atoms with E-state index < -0.39 is 0 Å². The maximum atomic E-state index is 6.34. The Labute approximate surface area is 158 Å². The lowest BCUT2D eigenvalue weighted by Gasteiger charge is -2.37. The summed E-state index contributed by atoms with van der Waals surface area (Å²) in [6.07, 6.45) is 0. The Morgan fingerprint density at radius 3 is 2.44 bits per heavy atom. The van der Waals surface area contributed by atoms with Crippen molar-refractivity contribution in [3.63, 3.8) is 0 Å². The zero-order valence-electron chi connectivity index (χ0n) is 14.7. The molecule has 1 aromatic heterocycles. The Bertz CT molecular complexity index is 866. The van der Waals surface area contributed by atoms with Crippen LogP contribution in [0, 0.1) is 0 Å². The van der Waals surface area contributed by atoms with Gasteiger partial charge in [-0.15, -0.1) is 11.3 Å². The lowest BCUT2D eigenvalue weighted by Crippen LogP contribution is -2.45. The molecule has 4 heteroatoms. The first kappa shape index (κ1) is 17.0. The first-order valence-corrected chi connectivity index (χ1v) is 10.0. The molecule has 25 heavy (non-hydrogen) atoms. The van der Waals surface area contributed by atoms with Gasteiger partial charge < -0.3 is 4.90 Å². The van der Waals surface area contributed by atoms with E-state index in [2.05, 4.69) is 66.2 Å². The fraction of sp³-hybridized carbons (Fsp3) is 0.333.